The van der Waals surface area contributed by atoms with E-state index in [0.29, 0.717) is 27.0 Å². The fourth-order valence-corrected chi connectivity index (χ4v) is 4.11. The highest BCUT2D eigenvalue weighted by Crippen LogP contribution is 2.34. The van der Waals surface area contributed by atoms with Crippen molar-refractivity contribution in [2.45, 2.75) is 27.4 Å². The van der Waals surface area contributed by atoms with Crippen molar-refractivity contribution in [3.63, 3.8) is 0 Å². The molecule has 0 saturated heterocycles. The Labute approximate surface area is 187 Å². The monoisotopic (exact) mass is 461 g/mol. The van der Waals surface area contributed by atoms with Gasteiger partial charge in [-0.15, -0.1) is 11.3 Å². The SMILES string of the molecule is CCOC(=O)c1c(NC(=O)c2ccc(COc3ccccc3Cl)o2)sc(C(C)=O)c1C. The van der Waals surface area contributed by atoms with Crippen molar-refractivity contribution in [3.05, 3.63) is 68.9 Å². The molecule has 3 rings (SSSR count). The summed E-state index contributed by atoms with van der Waals surface area (Å²) in [5.74, 6) is -0.425. The summed E-state index contributed by atoms with van der Waals surface area (Å²) in [6.07, 6.45) is 0. The molecule has 0 aliphatic heterocycles. The number of benzene rings is 1. The lowest BCUT2D eigenvalue weighted by atomic mass is 10.1. The molecule has 1 aromatic carbocycles. The van der Waals surface area contributed by atoms with Gasteiger partial charge < -0.3 is 19.2 Å². The highest BCUT2D eigenvalue weighted by atomic mass is 35.5. The summed E-state index contributed by atoms with van der Waals surface area (Å²) in [7, 11) is 0. The summed E-state index contributed by atoms with van der Waals surface area (Å²) in [6.45, 7) is 4.98. The van der Waals surface area contributed by atoms with Crippen molar-refractivity contribution in [2.24, 2.45) is 0 Å². The van der Waals surface area contributed by atoms with Gasteiger partial charge >= 0.3 is 5.97 Å². The van der Waals surface area contributed by atoms with Crippen LogP contribution in [0, 0.1) is 6.92 Å². The number of thiophene rings is 1. The van der Waals surface area contributed by atoms with Crippen LogP contribution >= 0.6 is 22.9 Å². The van der Waals surface area contributed by atoms with E-state index in [9.17, 15) is 14.4 Å². The Morgan fingerprint density at radius 2 is 1.90 bits per heavy atom. The van der Waals surface area contributed by atoms with Crippen LogP contribution in [-0.4, -0.2) is 24.3 Å². The van der Waals surface area contributed by atoms with Gasteiger partial charge in [0.25, 0.3) is 5.91 Å². The molecule has 0 atom stereocenters. The number of esters is 1. The Kier molecular flexibility index (Phi) is 7.14. The highest BCUT2D eigenvalue weighted by molar-refractivity contribution is 7.18. The van der Waals surface area contributed by atoms with E-state index in [-0.39, 0.29) is 35.3 Å². The molecule has 1 amide bonds. The second kappa shape index (κ2) is 9.80. The van der Waals surface area contributed by atoms with E-state index >= 15 is 0 Å². The third kappa shape index (κ3) is 5.15. The van der Waals surface area contributed by atoms with Crippen molar-refractivity contribution in [1.29, 1.82) is 0 Å². The van der Waals surface area contributed by atoms with Crippen LogP contribution in [0.1, 0.15) is 55.8 Å². The lowest BCUT2D eigenvalue weighted by Gasteiger charge is -2.06. The van der Waals surface area contributed by atoms with E-state index in [2.05, 4.69) is 5.32 Å². The number of rotatable bonds is 8. The highest BCUT2D eigenvalue weighted by Gasteiger charge is 2.26. The normalized spacial score (nSPS) is 10.6. The Balaban J connectivity index is 1.76. The Morgan fingerprint density at radius 3 is 2.58 bits per heavy atom. The summed E-state index contributed by atoms with van der Waals surface area (Å²) in [5, 5.41) is 3.35. The molecule has 0 aliphatic rings. The number of carbonyl (C=O) groups is 3. The van der Waals surface area contributed by atoms with Gasteiger partial charge in [-0.05, 0) is 50.6 Å². The van der Waals surface area contributed by atoms with Gasteiger partial charge in [0.2, 0.25) is 0 Å². The van der Waals surface area contributed by atoms with E-state index in [0.717, 1.165) is 11.3 Å². The van der Waals surface area contributed by atoms with E-state index in [1.54, 1.807) is 44.2 Å². The number of carbonyl (C=O) groups excluding carboxylic acids is 3. The summed E-state index contributed by atoms with van der Waals surface area (Å²) < 4.78 is 16.2. The van der Waals surface area contributed by atoms with Gasteiger partial charge in [0.1, 0.15) is 23.1 Å². The van der Waals surface area contributed by atoms with Crippen molar-refractivity contribution < 1.29 is 28.3 Å². The molecule has 2 heterocycles. The zero-order chi connectivity index (χ0) is 22.5. The van der Waals surface area contributed by atoms with E-state index in [1.165, 1.54) is 13.0 Å². The molecule has 31 heavy (non-hydrogen) atoms. The predicted molar refractivity (Wildman–Crippen MR) is 117 cm³/mol. The second-order valence-corrected chi connectivity index (χ2v) is 7.90. The van der Waals surface area contributed by atoms with Gasteiger partial charge in [-0.25, -0.2) is 4.79 Å². The number of nitrogens with one attached hydrogen (secondary N) is 1. The summed E-state index contributed by atoms with van der Waals surface area (Å²) in [5.41, 5.74) is 0.638. The Bertz CT molecular complexity index is 1130. The van der Waals surface area contributed by atoms with Gasteiger partial charge in [0, 0.05) is 0 Å². The maximum absolute atomic E-state index is 12.7. The number of ether oxygens (including phenoxy) is 2. The number of ketones is 1. The first-order valence-corrected chi connectivity index (χ1v) is 10.6. The van der Waals surface area contributed by atoms with Crippen LogP contribution in [0.25, 0.3) is 0 Å². The minimum absolute atomic E-state index is 0.0306. The standard InChI is InChI=1S/C22H20ClNO6S/c1-4-28-22(27)18-12(2)19(13(3)25)31-21(18)24-20(26)17-10-9-14(30-17)11-29-16-8-6-5-7-15(16)23/h5-10H,4,11H2,1-3H3,(H,24,26). The molecule has 2 aromatic heterocycles. The lowest BCUT2D eigenvalue weighted by molar-refractivity contribution is 0.0527. The van der Waals surface area contributed by atoms with Gasteiger partial charge in [-0.1, -0.05) is 23.7 Å². The molecule has 0 saturated carbocycles. The zero-order valence-corrected chi connectivity index (χ0v) is 18.7. The summed E-state index contributed by atoms with van der Waals surface area (Å²) in [4.78, 5) is 37.3. The first-order valence-electron chi connectivity index (χ1n) is 9.40. The lowest BCUT2D eigenvalue weighted by Crippen LogP contribution is -2.14. The molecule has 0 spiro atoms. The number of para-hydroxylation sites is 1. The Morgan fingerprint density at radius 1 is 1.16 bits per heavy atom. The number of amides is 1. The number of hydrogen-bond donors (Lipinski definition) is 1. The largest absolute Gasteiger partial charge is 0.484 e. The number of furan rings is 1. The molecule has 1 N–H and O–H groups in total. The van der Waals surface area contributed by atoms with Crippen molar-refractivity contribution in [3.8, 4) is 5.75 Å². The molecule has 0 unspecified atom stereocenters. The third-order valence-corrected chi connectivity index (χ3v) is 5.89. The van der Waals surface area contributed by atoms with E-state index in [1.807, 2.05) is 0 Å². The van der Waals surface area contributed by atoms with Crippen molar-refractivity contribution in [2.75, 3.05) is 11.9 Å². The molecule has 9 heteroatoms. The number of anilines is 1. The average Bonchev–Trinajstić information content (AvgIpc) is 3.32. The van der Waals surface area contributed by atoms with Crippen LogP contribution in [0.15, 0.2) is 40.8 Å². The molecular weight excluding hydrogens is 442 g/mol. The summed E-state index contributed by atoms with van der Waals surface area (Å²) in [6, 6.07) is 10.1. The topological polar surface area (TPSA) is 94.8 Å². The molecule has 7 nitrogen and oxygen atoms in total. The van der Waals surface area contributed by atoms with Crippen molar-refractivity contribution >= 4 is 45.6 Å². The van der Waals surface area contributed by atoms with Gasteiger partial charge in [0.15, 0.2) is 11.5 Å². The van der Waals surface area contributed by atoms with Crippen LogP contribution in [0.4, 0.5) is 5.00 Å². The third-order valence-electron chi connectivity index (χ3n) is 4.27. The van der Waals surface area contributed by atoms with Gasteiger partial charge in [-0.2, -0.15) is 0 Å². The molecule has 0 aliphatic carbocycles. The minimum atomic E-state index is -0.604. The van der Waals surface area contributed by atoms with Crippen molar-refractivity contribution in [1.82, 2.24) is 0 Å². The molecule has 0 bridgehead atoms. The minimum Gasteiger partial charge on any atom is -0.484 e. The first kappa shape index (κ1) is 22.6. The van der Waals surface area contributed by atoms with Gasteiger partial charge in [0.05, 0.1) is 22.1 Å². The van der Waals surface area contributed by atoms with E-state index < -0.39 is 11.9 Å². The van der Waals surface area contributed by atoms with Crippen LogP contribution in [0.5, 0.6) is 5.75 Å². The fraction of sp³-hybridized carbons (Fsp3) is 0.227. The molecule has 162 valence electrons. The molecule has 0 fully saturated rings. The van der Waals surface area contributed by atoms with Gasteiger partial charge in [-0.3, -0.25) is 9.59 Å². The smallest absolute Gasteiger partial charge is 0.341 e. The average molecular weight is 462 g/mol. The number of halogens is 1. The quantitative estimate of drug-likeness (QED) is 0.351. The summed E-state index contributed by atoms with van der Waals surface area (Å²) >= 11 is 7.08. The maximum atomic E-state index is 12.7. The van der Waals surface area contributed by atoms with Crippen LogP contribution in [0.3, 0.4) is 0 Å². The molecule has 3 aromatic rings. The first-order chi connectivity index (χ1) is 14.8. The van der Waals surface area contributed by atoms with E-state index in [4.69, 9.17) is 25.5 Å². The molecule has 0 radical (unpaired) electrons. The Hall–Kier alpha value is -3.10. The maximum Gasteiger partial charge on any atom is 0.341 e. The fourth-order valence-electron chi connectivity index (χ4n) is 2.84. The zero-order valence-electron chi connectivity index (χ0n) is 17.1. The second-order valence-electron chi connectivity index (χ2n) is 6.48. The molecular formula is C22H20ClNO6S. The van der Waals surface area contributed by atoms with Crippen LogP contribution in [-0.2, 0) is 11.3 Å². The number of Topliss-reactive ketones (excluding diaryl/α,β-unsaturated/α-hetero) is 1. The number of hydrogen-bond acceptors (Lipinski definition) is 7. The van der Waals surface area contributed by atoms with Crippen LogP contribution in [0.2, 0.25) is 5.02 Å². The van der Waals surface area contributed by atoms with Crippen LogP contribution < -0.4 is 10.1 Å². The predicted octanol–water partition coefficient (Wildman–Crippen LogP) is 5.51.